The summed E-state index contributed by atoms with van der Waals surface area (Å²) in [4.78, 5) is 16.3. The van der Waals surface area contributed by atoms with Crippen molar-refractivity contribution in [2.24, 2.45) is 0 Å². The number of benzene rings is 2. The van der Waals surface area contributed by atoms with Crippen molar-refractivity contribution in [1.29, 1.82) is 0 Å². The number of carbonyl (C=O) groups is 1. The predicted octanol–water partition coefficient (Wildman–Crippen LogP) is 4.28. The van der Waals surface area contributed by atoms with Gasteiger partial charge in [0.25, 0.3) is 0 Å². The van der Waals surface area contributed by atoms with Crippen LogP contribution in [-0.2, 0) is 4.74 Å². The van der Waals surface area contributed by atoms with Gasteiger partial charge in [-0.05, 0) is 42.3 Å². The maximum Gasteiger partial charge on any atom is 0.408 e. The average Bonchev–Trinajstić information content (AvgIpc) is 3.09. The van der Waals surface area contributed by atoms with Gasteiger partial charge in [-0.1, -0.05) is 30.2 Å². The summed E-state index contributed by atoms with van der Waals surface area (Å²) < 4.78 is 32.6. The Balaban J connectivity index is 1.66. The molecule has 1 saturated heterocycles. The number of hydrogen-bond acceptors (Lipinski definition) is 3. The zero-order valence-electron chi connectivity index (χ0n) is 14.5. The van der Waals surface area contributed by atoms with Crippen LogP contribution in [0.4, 0.5) is 13.6 Å². The smallest absolute Gasteiger partial charge is 0.408 e. The molecule has 2 unspecified atom stereocenters. The number of cyclic esters (lactones) is 1. The third-order valence-corrected chi connectivity index (χ3v) is 4.28. The Morgan fingerprint density at radius 2 is 1.79 bits per heavy atom. The Labute approximate surface area is 160 Å². The summed E-state index contributed by atoms with van der Waals surface area (Å²) in [5.74, 6) is 4.50. The number of pyridine rings is 1. The number of hydrogen-bond donors (Lipinski definition) is 1. The normalized spacial score (nSPS) is 18.0. The second kappa shape index (κ2) is 7.49. The van der Waals surface area contributed by atoms with Crippen LogP contribution in [0.25, 0.3) is 0 Å². The minimum absolute atomic E-state index is 0.0762. The van der Waals surface area contributed by atoms with E-state index in [0.29, 0.717) is 11.4 Å². The first-order valence-corrected chi connectivity index (χ1v) is 8.56. The van der Waals surface area contributed by atoms with E-state index >= 15 is 0 Å². The molecule has 0 bridgehead atoms. The van der Waals surface area contributed by atoms with Gasteiger partial charge in [0.05, 0.1) is 5.69 Å². The third-order valence-electron chi connectivity index (χ3n) is 4.28. The molecular formula is C22H14F2N2O2. The van der Waals surface area contributed by atoms with E-state index in [1.165, 1.54) is 6.07 Å². The molecule has 2 aromatic carbocycles. The maximum atomic E-state index is 14.2. The molecule has 0 saturated carbocycles. The largest absolute Gasteiger partial charge is 0.439 e. The Hall–Kier alpha value is -3.72. The topological polar surface area (TPSA) is 51.2 Å². The van der Waals surface area contributed by atoms with E-state index in [4.69, 9.17) is 4.74 Å². The number of carbonyl (C=O) groups excluding carboxylic acids is 1. The van der Waals surface area contributed by atoms with Crippen LogP contribution in [0.5, 0.6) is 0 Å². The van der Waals surface area contributed by atoms with Crippen LogP contribution in [0.3, 0.4) is 0 Å². The van der Waals surface area contributed by atoms with Gasteiger partial charge in [0.15, 0.2) is 6.10 Å². The molecule has 1 N–H and O–H groups in total. The van der Waals surface area contributed by atoms with Crippen LogP contribution in [0, 0.1) is 23.5 Å². The van der Waals surface area contributed by atoms with E-state index in [9.17, 15) is 13.6 Å². The molecular weight excluding hydrogens is 362 g/mol. The van der Waals surface area contributed by atoms with E-state index in [-0.39, 0.29) is 5.56 Å². The van der Waals surface area contributed by atoms with Gasteiger partial charge in [0, 0.05) is 17.2 Å². The van der Waals surface area contributed by atoms with Gasteiger partial charge in [-0.25, -0.2) is 18.6 Å². The van der Waals surface area contributed by atoms with Gasteiger partial charge in [-0.2, -0.15) is 0 Å². The molecule has 28 heavy (non-hydrogen) atoms. The first-order valence-electron chi connectivity index (χ1n) is 8.56. The summed E-state index contributed by atoms with van der Waals surface area (Å²) in [7, 11) is 0. The number of ether oxygens (including phenoxy) is 1. The Kier molecular flexibility index (Phi) is 4.73. The highest BCUT2D eigenvalue weighted by atomic mass is 19.1. The number of nitrogens with zero attached hydrogens (tertiary/aromatic N) is 1. The lowest BCUT2D eigenvalue weighted by atomic mass is 9.99. The van der Waals surface area contributed by atoms with Crippen molar-refractivity contribution in [3.63, 3.8) is 0 Å². The molecule has 3 aromatic rings. The Morgan fingerprint density at radius 3 is 2.57 bits per heavy atom. The first-order chi connectivity index (χ1) is 13.6. The fourth-order valence-corrected chi connectivity index (χ4v) is 2.98. The summed E-state index contributed by atoms with van der Waals surface area (Å²) in [6.45, 7) is 0. The fourth-order valence-electron chi connectivity index (χ4n) is 2.98. The number of rotatable bonds is 2. The molecule has 1 amide bonds. The molecule has 2 atom stereocenters. The highest BCUT2D eigenvalue weighted by Gasteiger charge is 2.38. The first kappa shape index (κ1) is 17.7. The zero-order valence-corrected chi connectivity index (χ0v) is 14.5. The van der Waals surface area contributed by atoms with Crippen LogP contribution in [0.1, 0.15) is 34.7 Å². The Morgan fingerprint density at radius 1 is 0.964 bits per heavy atom. The zero-order chi connectivity index (χ0) is 19.5. The Bertz CT molecular complexity index is 1090. The van der Waals surface area contributed by atoms with Crippen LogP contribution >= 0.6 is 0 Å². The molecule has 1 aliphatic rings. The number of amides is 1. The molecule has 1 aliphatic heterocycles. The maximum absolute atomic E-state index is 14.2. The summed E-state index contributed by atoms with van der Waals surface area (Å²) in [5, 5.41) is 2.63. The molecule has 4 nitrogen and oxygen atoms in total. The van der Waals surface area contributed by atoms with Gasteiger partial charge in [-0.15, -0.1) is 0 Å². The van der Waals surface area contributed by atoms with Gasteiger partial charge in [-0.3, -0.25) is 0 Å². The lowest BCUT2D eigenvalue weighted by Crippen LogP contribution is -2.21. The monoisotopic (exact) mass is 376 g/mol. The minimum Gasteiger partial charge on any atom is -0.439 e. The molecule has 1 fully saturated rings. The standard InChI is InChI=1S/C22H14F2N2O2/c23-15-10-12-17(18(24)13-15)21-20(26-22(27)28-21)19-8-4-7-16(25-19)11-9-14-5-2-1-3-6-14/h1-8,10,12-13,20-21H,(H,26,27). The third kappa shape index (κ3) is 3.69. The van der Waals surface area contributed by atoms with Crippen LogP contribution in [-0.4, -0.2) is 11.1 Å². The number of aromatic nitrogens is 1. The molecule has 4 rings (SSSR count). The molecule has 2 heterocycles. The molecule has 1 aromatic heterocycles. The van der Waals surface area contributed by atoms with E-state index in [1.807, 2.05) is 30.3 Å². The van der Waals surface area contributed by atoms with Crippen molar-refractivity contribution in [3.05, 3.63) is 101 Å². The molecule has 0 aliphatic carbocycles. The summed E-state index contributed by atoms with van der Waals surface area (Å²) in [6.07, 6.45) is -1.65. The minimum atomic E-state index is -0.960. The quantitative estimate of drug-likeness (QED) is 0.679. The molecule has 138 valence electrons. The predicted molar refractivity (Wildman–Crippen MR) is 98.1 cm³/mol. The van der Waals surface area contributed by atoms with Crippen molar-refractivity contribution < 1.29 is 18.3 Å². The highest BCUT2D eigenvalue weighted by molar-refractivity contribution is 5.71. The second-order valence-electron chi connectivity index (χ2n) is 6.18. The lowest BCUT2D eigenvalue weighted by Gasteiger charge is -2.17. The fraction of sp³-hybridized carbons (Fsp3) is 0.0909. The van der Waals surface area contributed by atoms with Crippen LogP contribution < -0.4 is 5.32 Å². The van der Waals surface area contributed by atoms with E-state index in [2.05, 4.69) is 22.1 Å². The summed E-state index contributed by atoms with van der Waals surface area (Å²) in [5.41, 5.74) is 1.89. The lowest BCUT2D eigenvalue weighted by molar-refractivity contribution is 0.129. The molecule has 6 heteroatoms. The van der Waals surface area contributed by atoms with Gasteiger partial charge < -0.3 is 10.1 Å². The van der Waals surface area contributed by atoms with Crippen molar-refractivity contribution in [1.82, 2.24) is 10.3 Å². The van der Waals surface area contributed by atoms with Crippen molar-refractivity contribution in [2.45, 2.75) is 12.1 Å². The summed E-state index contributed by atoms with van der Waals surface area (Å²) in [6, 6.07) is 17.1. The van der Waals surface area contributed by atoms with Crippen molar-refractivity contribution >= 4 is 6.09 Å². The highest BCUT2D eigenvalue weighted by Crippen LogP contribution is 2.37. The molecule has 0 spiro atoms. The van der Waals surface area contributed by atoms with Crippen LogP contribution in [0.15, 0.2) is 66.7 Å². The average molecular weight is 376 g/mol. The van der Waals surface area contributed by atoms with E-state index in [1.54, 1.807) is 18.2 Å². The van der Waals surface area contributed by atoms with E-state index < -0.39 is 29.9 Å². The number of halogens is 2. The molecule has 0 radical (unpaired) electrons. The van der Waals surface area contributed by atoms with Crippen LogP contribution in [0.2, 0.25) is 0 Å². The van der Waals surface area contributed by atoms with Crippen molar-refractivity contribution in [2.75, 3.05) is 0 Å². The summed E-state index contributed by atoms with van der Waals surface area (Å²) >= 11 is 0. The van der Waals surface area contributed by atoms with Gasteiger partial charge >= 0.3 is 6.09 Å². The SMILES string of the molecule is O=C1NC(c2cccc(C#Cc3ccccc3)n2)C(c2ccc(F)cc2F)O1. The number of nitrogens with one attached hydrogen (secondary N) is 1. The van der Waals surface area contributed by atoms with Gasteiger partial charge in [0.2, 0.25) is 0 Å². The van der Waals surface area contributed by atoms with E-state index in [0.717, 1.165) is 17.7 Å². The van der Waals surface area contributed by atoms with Gasteiger partial charge in [0.1, 0.15) is 23.4 Å². The number of alkyl carbamates (subject to hydrolysis) is 1. The van der Waals surface area contributed by atoms with Crippen molar-refractivity contribution in [3.8, 4) is 11.8 Å². The second-order valence-corrected chi connectivity index (χ2v) is 6.18.